The zero-order valence-corrected chi connectivity index (χ0v) is 23.3. The molecule has 1 aliphatic rings. The standard InChI is InChI=1S/C30H33F2N3O4S/c1-21-11-17-26(18-12-21)40(38,39)35(28-10-6-5-9-27(28)32)20-29(36)34(19-23-13-15-24(31)16-14-23)22(2)30(37)33-25-7-3-4-8-25/h5-6,9-18,22,25H,3-4,7-8,19-20H2,1-2H3,(H,33,37)/t22-/m0/s1. The lowest BCUT2D eigenvalue weighted by Gasteiger charge is -2.32. The van der Waals surface area contributed by atoms with Crippen LogP contribution in [0, 0.1) is 18.6 Å². The average molecular weight is 570 g/mol. The molecule has 1 aliphatic carbocycles. The molecule has 4 rings (SSSR count). The van der Waals surface area contributed by atoms with E-state index in [1.165, 1.54) is 59.5 Å². The summed E-state index contributed by atoms with van der Waals surface area (Å²) >= 11 is 0. The van der Waals surface area contributed by atoms with E-state index in [-0.39, 0.29) is 29.1 Å². The minimum Gasteiger partial charge on any atom is -0.352 e. The minimum atomic E-state index is -4.37. The minimum absolute atomic E-state index is 0.00884. The first kappa shape index (κ1) is 29.2. The maximum Gasteiger partial charge on any atom is 0.264 e. The molecule has 1 saturated carbocycles. The van der Waals surface area contributed by atoms with Gasteiger partial charge in [0.2, 0.25) is 11.8 Å². The number of halogens is 2. The van der Waals surface area contributed by atoms with E-state index < -0.39 is 40.2 Å². The maximum absolute atomic E-state index is 15.0. The molecule has 0 spiro atoms. The third-order valence-electron chi connectivity index (χ3n) is 7.14. The number of carbonyl (C=O) groups is 2. The molecular weight excluding hydrogens is 536 g/mol. The lowest BCUT2D eigenvalue weighted by atomic mass is 10.1. The molecule has 7 nitrogen and oxygen atoms in total. The highest BCUT2D eigenvalue weighted by Gasteiger charge is 2.34. The Morgan fingerprint density at radius 1 is 0.950 bits per heavy atom. The second-order valence-corrected chi connectivity index (χ2v) is 12.0. The van der Waals surface area contributed by atoms with Gasteiger partial charge in [0.1, 0.15) is 24.2 Å². The molecular formula is C30H33F2N3O4S. The van der Waals surface area contributed by atoms with Gasteiger partial charge in [-0.2, -0.15) is 0 Å². The summed E-state index contributed by atoms with van der Waals surface area (Å²) in [7, 11) is -4.37. The van der Waals surface area contributed by atoms with Crippen molar-refractivity contribution in [3.63, 3.8) is 0 Å². The van der Waals surface area contributed by atoms with E-state index in [0.717, 1.165) is 41.6 Å². The summed E-state index contributed by atoms with van der Waals surface area (Å²) in [6, 6.07) is 15.9. The fourth-order valence-electron chi connectivity index (χ4n) is 4.77. The van der Waals surface area contributed by atoms with Gasteiger partial charge in [-0.05, 0) is 68.7 Å². The van der Waals surface area contributed by atoms with Crippen LogP contribution in [0.1, 0.15) is 43.7 Å². The number of para-hydroxylation sites is 1. The number of amides is 2. The number of hydrogen-bond donors (Lipinski definition) is 1. The van der Waals surface area contributed by atoms with Crippen LogP contribution >= 0.6 is 0 Å². The summed E-state index contributed by atoms with van der Waals surface area (Å²) in [6.45, 7) is 2.54. The molecule has 0 unspecified atom stereocenters. The molecule has 3 aromatic carbocycles. The monoisotopic (exact) mass is 569 g/mol. The van der Waals surface area contributed by atoms with E-state index in [2.05, 4.69) is 5.32 Å². The molecule has 1 atom stereocenters. The van der Waals surface area contributed by atoms with Crippen LogP contribution in [0.2, 0.25) is 0 Å². The molecule has 0 bridgehead atoms. The SMILES string of the molecule is Cc1ccc(S(=O)(=O)N(CC(=O)N(Cc2ccc(F)cc2)[C@@H](C)C(=O)NC2CCCC2)c2ccccc2F)cc1. The van der Waals surface area contributed by atoms with Gasteiger partial charge in [-0.3, -0.25) is 13.9 Å². The van der Waals surface area contributed by atoms with Crippen molar-refractivity contribution in [2.75, 3.05) is 10.8 Å². The van der Waals surface area contributed by atoms with Gasteiger partial charge in [-0.1, -0.05) is 54.8 Å². The zero-order chi connectivity index (χ0) is 28.9. The highest BCUT2D eigenvalue weighted by Crippen LogP contribution is 2.27. The summed E-state index contributed by atoms with van der Waals surface area (Å²) in [4.78, 5) is 28.2. The Labute approximate surface area is 233 Å². The lowest BCUT2D eigenvalue weighted by molar-refractivity contribution is -0.139. The van der Waals surface area contributed by atoms with Gasteiger partial charge in [0.25, 0.3) is 10.0 Å². The molecule has 2 amide bonds. The smallest absolute Gasteiger partial charge is 0.264 e. The van der Waals surface area contributed by atoms with Gasteiger partial charge >= 0.3 is 0 Å². The molecule has 0 heterocycles. The van der Waals surface area contributed by atoms with Crippen molar-refractivity contribution < 1.29 is 26.8 Å². The fourth-order valence-corrected chi connectivity index (χ4v) is 6.19. The van der Waals surface area contributed by atoms with E-state index in [9.17, 15) is 26.8 Å². The van der Waals surface area contributed by atoms with Crippen LogP contribution < -0.4 is 9.62 Å². The zero-order valence-electron chi connectivity index (χ0n) is 22.5. The molecule has 212 valence electrons. The van der Waals surface area contributed by atoms with Gasteiger partial charge in [-0.15, -0.1) is 0 Å². The third-order valence-corrected chi connectivity index (χ3v) is 8.92. The summed E-state index contributed by atoms with van der Waals surface area (Å²) in [5.41, 5.74) is 1.09. The Kier molecular flexibility index (Phi) is 9.19. The first-order valence-corrected chi connectivity index (χ1v) is 14.7. The number of nitrogens with one attached hydrogen (secondary N) is 1. The maximum atomic E-state index is 15.0. The number of benzene rings is 3. The highest BCUT2D eigenvalue weighted by atomic mass is 32.2. The summed E-state index contributed by atoms with van der Waals surface area (Å²) < 4.78 is 56.8. The number of sulfonamides is 1. The van der Waals surface area contributed by atoms with Crippen LogP contribution in [-0.4, -0.2) is 43.8 Å². The highest BCUT2D eigenvalue weighted by molar-refractivity contribution is 7.92. The van der Waals surface area contributed by atoms with Crippen molar-refractivity contribution in [1.82, 2.24) is 10.2 Å². The van der Waals surface area contributed by atoms with E-state index in [4.69, 9.17) is 0 Å². The van der Waals surface area contributed by atoms with Gasteiger partial charge in [0.15, 0.2) is 0 Å². The Bertz CT molecular complexity index is 1440. The van der Waals surface area contributed by atoms with Crippen LogP contribution in [0.4, 0.5) is 14.5 Å². The van der Waals surface area contributed by atoms with Crippen molar-refractivity contribution in [2.45, 2.75) is 63.1 Å². The van der Waals surface area contributed by atoms with Crippen molar-refractivity contribution in [1.29, 1.82) is 0 Å². The van der Waals surface area contributed by atoms with Crippen LogP contribution in [0.15, 0.2) is 77.7 Å². The van der Waals surface area contributed by atoms with E-state index in [1.54, 1.807) is 26.0 Å². The predicted molar refractivity (Wildman–Crippen MR) is 149 cm³/mol. The van der Waals surface area contributed by atoms with Gasteiger partial charge in [0.05, 0.1) is 10.6 Å². The number of nitrogens with zero attached hydrogens (tertiary/aromatic N) is 2. The average Bonchev–Trinajstić information content (AvgIpc) is 3.44. The molecule has 0 aliphatic heterocycles. The lowest BCUT2D eigenvalue weighted by Crippen LogP contribution is -2.52. The van der Waals surface area contributed by atoms with E-state index >= 15 is 0 Å². The van der Waals surface area contributed by atoms with Crippen molar-refractivity contribution in [2.24, 2.45) is 0 Å². The summed E-state index contributed by atoms with van der Waals surface area (Å²) in [5.74, 6) is -2.36. The second-order valence-electron chi connectivity index (χ2n) is 10.1. The number of rotatable bonds is 10. The molecule has 1 N–H and O–H groups in total. The van der Waals surface area contributed by atoms with Gasteiger partial charge in [-0.25, -0.2) is 17.2 Å². The Morgan fingerprint density at radius 3 is 2.20 bits per heavy atom. The largest absolute Gasteiger partial charge is 0.352 e. The molecule has 0 aromatic heterocycles. The van der Waals surface area contributed by atoms with Crippen LogP contribution in [0.5, 0.6) is 0 Å². The summed E-state index contributed by atoms with van der Waals surface area (Å²) in [5, 5.41) is 2.98. The van der Waals surface area contributed by atoms with Gasteiger partial charge in [0, 0.05) is 12.6 Å². The second kappa shape index (κ2) is 12.6. The predicted octanol–water partition coefficient (Wildman–Crippen LogP) is 4.94. The normalized spacial score (nSPS) is 14.5. The Morgan fingerprint density at radius 2 is 1.57 bits per heavy atom. The van der Waals surface area contributed by atoms with E-state index in [0.29, 0.717) is 5.56 Å². The Balaban J connectivity index is 1.69. The van der Waals surface area contributed by atoms with Gasteiger partial charge < -0.3 is 10.2 Å². The third kappa shape index (κ3) is 6.85. The van der Waals surface area contributed by atoms with E-state index in [1.807, 2.05) is 0 Å². The first-order chi connectivity index (χ1) is 19.1. The van der Waals surface area contributed by atoms with Crippen molar-refractivity contribution in [3.05, 3.63) is 95.6 Å². The van der Waals surface area contributed by atoms with Crippen LogP contribution in [-0.2, 0) is 26.2 Å². The van der Waals surface area contributed by atoms with Crippen molar-refractivity contribution >= 4 is 27.5 Å². The molecule has 3 aromatic rings. The topological polar surface area (TPSA) is 86.8 Å². The molecule has 0 radical (unpaired) electrons. The molecule has 0 saturated heterocycles. The number of anilines is 1. The molecule has 1 fully saturated rings. The molecule has 40 heavy (non-hydrogen) atoms. The number of carbonyl (C=O) groups excluding carboxylic acids is 2. The number of aryl methyl sites for hydroxylation is 1. The van der Waals surface area contributed by atoms with Crippen LogP contribution in [0.25, 0.3) is 0 Å². The Hall–Kier alpha value is -3.79. The first-order valence-electron chi connectivity index (χ1n) is 13.2. The fraction of sp³-hybridized carbons (Fsp3) is 0.333. The summed E-state index contributed by atoms with van der Waals surface area (Å²) in [6.07, 6.45) is 3.71. The molecule has 10 heteroatoms. The van der Waals surface area contributed by atoms with Crippen molar-refractivity contribution in [3.8, 4) is 0 Å². The number of hydrogen-bond acceptors (Lipinski definition) is 4. The van der Waals surface area contributed by atoms with Crippen LogP contribution in [0.3, 0.4) is 0 Å². The quantitative estimate of drug-likeness (QED) is 0.375.